The van der Waals surface area contributed by atoms with E-state index in [-0.39, 0.29) is 11.9 Å². The lowest BCUT2D eigenvalue weighted by Crippen LogP contribution is -2.56. The molecule has 3 aromatic rings. The van der Waals surface area contributed by atoms with Gasteiger partial charge < -0.3 is 20.4 Å². The third kappa shape index (κ3) is 7.35. The van der Waals surface area contributed by atoms with Gasteiger partial charge in [0.2, 0.25) is 5.91 Å². The first-order chi connectivity index (χ1) is 18.2. The number of piperazine rings is 1. The maximum Gasteiger partial charge on any atom is 0.240 e. The van der Waals surface area contributed by atoms with Gasteiger partial charge >= 0.3 is 0 Å². The zero-order chi connectivity index (χ0) is 26.0. The van der Waals surface area contributed by atoms with Gasteiger partial charge in [-0.2, -0.15) is 0 Å². The Morgan fingerprint density at radius 1 is 0.919 bits per heavy atom. The molecule has 0 saturated carbocycles. The van der Waals surface area contributed by atoms with Gasteiger partial charge in [0.15, 0.2) is 0 Å². The average Bonchev–Trinajstić information content (AvgIpc) is 2.97. The van der Waals surface area contributed by atoms with Crippen LogP contribution in [0.15, 0.2) is 78.9 Å². The third-order valence-electron chi connectivity index (χ3n) is 7.14. The van der Waals surface area contributed by atoms with Crippen LogP contribution in [0.3, 0.4) is 0 Å². The quantitative estimate of drug-likeness (QED) is 0.465. The molecular formula is C31H39ClN4O. The molecule has 5 rings (SSSR count). The lowest BCUT2D eigenvalue weighted by molar-refractivity contribution is -0.133. The van der Waals surface area contributed by atoms with Crippen molar-refractivity contribution in [3.05, 3.63) is 101 Å². The molecule has 2 aliphatic rings. The summed E-state index contributed by atoms with van der Waals surface area (Å²) >= 11 is 6.10. The minimum Gasteiger partial charge on any atom is -0.368 e. The number of benzene rings is 3. The number of anilines is 1. The van der Waals surface area contributed by atoms with Gasteiger partial charge in [0.25, 0.3) is 0 Å². The Kier molecular flexibility index (Phi) is 10.0. The molecule has 1 amide bonds. The number of halogens is 1. The molecule has 5 nitrogen and oxygen atoms in total. The first kappa shape index (κ1) is 27.2. The number of para-hydroxylation sites is 1. The minimum absolute atomic E-state index is 0.184. The van der Waals surface area contributed by atoms with Gasteiger partial charge in [-0.3, -0.25) is 4.79 Å². The molecule has 1 saturated heterocycles. The highest BCUT2D eigenvalue weighted by Crippen LogP contribution is 2.19. The normalized spacial score (nSPS) is 17.9. The van der Waals surface area contributed by atoms with E-state index >= 15 is 0 Å². The molecule has 2 aliphatic heterocycles. The number of carbonyl (C=O) groups excluding carboxylic acids is 1. The summed E-state index contributed by atoms with van der Waals surface area (Å²) < 4.78 is 0. The highest BCUT2D eigenvalue weighted by atomic mass is 35.5. The van der Waals surface area contributed by atoms with Crippen molar-refractivity contribution in [3.63, 3.8) is 0 Å². The zero-order valence-electron chi connectivity index (χ0n) is 22.0. The molecule has 1 unspecified atom stereocenters. The number of fused-ring (bicyclic) bond motifs is 1. The molecule has 196 valence electrons. The molecule has 2 heterocycles. The minimum atomic E-state index is -0.265. The number of hydrogen-bond donors (Lipinski definition) is 2. The number of hydrogen-bond acceptors (Lipinski definition) is 4. The monoisotopic (exact) mass is 518 g/mol. The summed E-state index contributed by atoms with van der Waals surface area (Å²) in [5.74, 6) is 0.184. The van der Waals surface area contributed by atoms with Gasteiger partial charge in [0.1, 0.15) is 0 Å². The second-order valence-corrected chi connectivity index (χ2v) is 9.93. The number of amides is 1. The number of rotatable bonds is 7. The fourth-order valence-electron chi connectivity index (χ4n) is 5.10. The molecule has 0 bridgehead atoms. The van der Waals surface area contributed by atoms with Crippen molar-refractivity contribution >= 4 is 23.2 Å². The summed E-state index contributed by atoms with van der Waals surface area (Å²) in [6.45, 7) is 8.81. The van der Waals surface area contributed by atoms with Gasteiger partial charge in [0, 0.05) is 56.0 Å². The summed E-state index contributed by atoms with van der Waals surface area (Å²) in [6.07, 6.45) is 1.62. The van der Waals surface area contributed by atoms with Crippen LogP contribution in [0.25, 0.3) is 0 Å². The van der Waals surface area contributed by atoms with Crippen molar-refractivity contribution in [1.29, 1.82) is 0 Å². The molecule has 6 heteroatoms. The second-order valence-electron chi connectivity index (χ2n) is 9.49. The van der Waals surface area contributed by atoms with Crippen molar-refractivity contribution in [2.45, 2.75) is 45.3 Å². The molecule has 2 atom stereocenters. The van der Waals surface area contributed by atoms with Crippen molar-refractivity contribution in [2.75, 3.05) is 37.6 Å². The zero-order valence-corrected chi connectivity index (χ0v) is 22.8. The number of carbonyl (C=O) groups is 1. The van der Waals surface area contributed by atoms with Crippen LogP contribution in [0.2, 0.25) is 5.02 Å². The highest BCUT2D eigenvalue weighted by Gasteiger charge is 2.29. The summed E-state index contributed by atoms with van der Waals surface area (Å²) in [5, 5.41) is 7.97. The van der Waals surface area contributed by atoms with E-state index < -0.39 is 0 Å². The lowest BCUT2D eigenvalue weighted by Gasteiger charge is -2.38. The summed E-state index contributed by atoms with van der Waals surface area (Å²) in [6, 6.07) is 26.9. The summed E-state index contributed by atoms with van der Waals surface area (Å²) in [7, 11) is 0. The Labute approximate surface area is 226 Å². The molecule has 0 radical (unpaired) electrons. The van der Waals surface area contributed by atoms with E-state index in [4.69, 9.17) is 11.6 Å². The van der Waals surface area contributed by atoms with Crippen molar-refractivity contribution in [1.82, 2.24) is 15.5 Å². The lowest BCUT2D eigenvalue weighted by atomic mass is 9.95. The van der Waals surface area contributed by atoms with Crippen LogP contribution < -0.4 is 15.5 Å². The van der Waals surface area contributed by atoms with E-state index in [1.165, 1.54) is 16.8 Å². The van der Waals surface area contributed by atoms with E-state index in [1.807, 2.05) is 49.1 Å². The summed E-state index contributed by atoms with van der Waals surface area (Å²) in [4.78, 5) is 18.1. The SMILES string of the molecule is CC.O=C([C@@H](Cc1ccc(Cl)cc1)NCC1Cc2ccccc2CN1)N1CCN(c2ccccc2)CC1. The van der Waals surface area contributed by atoms with Gasteiger partial charge in [-0.25, -0.2) is 0 Å². The number of nitrogens with one attached hydrogen (secondary N) is 2. The maximum atomic E-state index is 13.7. The Balaban J connectivity index is 0.00000156. The van der Waals surface area contributed by atoms with Crippen molar-refractivity contribution in [2.24, 2.45) is 0 Å². The topological polar surface area (TPSA) is 47.6 Å². The molecule has 37 heavy (non-hydrogen) atoms. The first-order valence-corrected chi connectivity index (χ1v) is 13.9. The van der Waals surface area contributed by atoms with E-state index in [2.05, 4.69) is 64.1 Å². The second kappa shape index (κ2) is 13.6. The van der Waals surface area contributed by atoms with Gasteiger partial charge in [-0.1, -0.05) is 80.0 Å². The predicted molar refractivity (Wildman–Crippen MR) is 154 cm³/mol. The Morgan fingerprint density at radius 2 is 1.57 bits per heavy atom. The van der Waals surface area contributed by atoms with Gasteiger partial charge in [0.05, 0.1) is 6.04 Å². The van der Waals surface area contributed by atoms with Crippen LogP contribution in [-0.2, 0) is 24.2 Å². The smallest absolute Gasteiger partial charge is 0.240 e. The van der Waals surface area contributed by atoms with Crippen LogP contribution in [0, 0.1) is 0 Å². The highest BCUT2D eigenvalue weighted by molar-refractivity contribution is 6.30. The average molecular weight is 519 g/mol. The number of nitrogens with zero attached hydrogens (tertiary/aromatic N) is 2. The fraction of sp³-hybridized carbons (Fsp3) is 0.387. The third-order valence-corrected chi connectivity index (χ3v) is 7.39. The van der Waals surface area contributed by atoms with Crippen LogP contribution >= 0.6 is 11.6 Å². The predicted octanol–water partition coefficient (Wildman–Crippen LogP) is 4.93. The molecule has 3 aromatic carbocycles. The Hall–Kier alpha value is -2.86. The van der Waals surface area contributed by atoms with Gasteiger partial charge in [-0.05, 0) is 53.8 Å². The van der Waals surface area contributed by atoms with Crippen molar-refractivity contribution < 1.29 is 4.79 Å². The van der Waals surface area contributed by atoms with Crippen LogP contribution in [0.4, 0.5) is 5.69 Å². The molecule has 1 fully saturated rings. The molecule has 0 spiro atoms. The molecular weight excluding hydrogens is 480 g/mol. The van der Waals surface area contributed by atoms with E-state index in [0.717, 1.165) is 51.3 Å². The van der Waals surface area contributed by atoms with Crippen LogP contribution in [-0.4, -0.2) is 55.6 Å². The largest absolute Gasteiger partial charge is 0.368 e. The van der Waals surface area contributed by atoms with Gasteiger partial charge in [-0.15, -0.1) is 0 Å². The molecule has 0 aromatic heterocycles. The van der Waals surface area contributed by atoms with E-state index in [9.17, 15) is 4.79 Å². The maximum absolute atomic E-state index is 13.7. The summed E-state index contributed by atoms with van der Waals surface area (Å²) in [5.41, 5.74) is 5.11. The van der Waals surface area contributed by atoms with E-state index in [0.29, 0.717) is 17.5 Å². The fourth-order valence-corrected chi connectivity index (χ4v) is 5.22. The Bertz CT molecular complexity index is 1110. The van der Waals surface area contributed by atoms with Crippen LogP contribution in [0.5, 0.6) is 0 Å². The molecule has 2 N–H and O–H groups in total. The first-order valence-electron chi connectivity index (χ1n) is 13.5. The standard InChI is InChI=1S/C29H33ClN4O.C2H6/c30-25-12-10-22(11-13-25)18-28(32-21-26-19-23-6-4-5-7-24(23)20-31-26)29(35)34-16-14-33(15-17-34)27-8-2-1-3-9-27;1-2/h1-13,26,28,31-32H,14-21H2;1-2H3/t26?,28-;/m1./s1. The van der Waals surface area contributed by atoms with Crippen molar-refractivity contribution in [3.8, 4) is 0 Å². The molecule has 0 aliphatic carbocycles. The Morgan fingerprint density at radius 3 is 2.27 bits per heavy atom. The van der Waals surface area contributed by atoms with E-state index in [1.54, 1.807) is 0 Å². The van der Waals surface area contributed by atoms with Crippen LogP contribution in [0.1, 0.15) is 30.5 Å².